The van der Waals surface area contributed by atoms with Crippen molar-refractivity contribution >= 4 is 28.4 Å². The summed E-state index contributed by atoms with van der Waals surface area (Å²) >= 11 is 5.89. The summed E-state index contributed by atoms with van der Waals surface area (Å²) in [6.45, 7) is 0.121. The molecule has 3 aromatic rings. The van der Waals surface area contributed by atoms with E-state index in [1.165, 1.54) is 4.80 Å². The topological polar surface area (TPSA) is 47.8 Å². The minimum atomic E-state index is -0.0213. The smallest absolute Gasteiger partial charge is 0.186 e. The average Bonchev–Trinajstić information content (AvgIpc) is 2.81. The molecule has 0 aliphatic rings. The van der Waals surface area contributed by atoms with Crippen molar-refractivity contribution < 1.29 is 4.79 Å². The van der Waals surface area contributed by atoms with Crippen LogP contribution in [0, 0.1) is 0 Å². The molecule has 94 valence electrons. The van der Waals surface area contributed by atoms with Gasteiger partial charge in [-0.1, -0.05) is 41.9 Å². The maximum absolute atomic E-state index is 12.0. The Morgan fingerprint density at radius 2 is 1.79 bits per heavy atom. The highest BCUT2D eigenvalue weighted by atomic mass is 35.5. The Morgan fingerprint density at radius 3 is 2.58 bits per heavy atom. The molecule has 0 fully saturated rings. The molecule has 3 rings (SSSR count). The molecule has 4 nitrogen and oxygen atoms in total. The van der Waals surface area contributed by atoms with Gasteiger partial charge in [-0.05, 0) is 18.2 Å². The molecule has 1 aromatic heterocycles. The van der Waals surface area contributed by atoms with Crippen molar-refractivity contribution in [3.63, 3.8) is 0 Å². The van der Waals surface area contributed by atoms with Crippen LogP contribution >= 0.6 is 11.6 Å². The van der Waals surface area contributed by atoms with Crippen LogP contribution in [0.1, 0.15) is 10.4 Å². The predicted octanol–water partition coefficient (Wildman–Crippen LogP) is 2.97. The first kappa shape index (κ1) is 11.9. The number of carbonyl (C=O) groups is 1. The highest BCUT2D eigenvalue weighted by molar-refractivity contribution is 6.31. The van der Waals surface area contributed by atoms with Gasteiger partial charge in [0, 0.05) is 10.6 Å². The summed E-state index contributed by atoms with van der Waals surface area (Å²) < 4.78 is 0. The number of aromatic nitrogens is 3. The second-order valence-corrected chi connectivity index (χ2v) is 4.59. The fraction of sp³-hybridized carbons (Fsp3) is 0.0714. The Bertz CT molecular complexity index is 737. The zero-order valence-corrected chi connectivity index (χ0v) is 10.7. The van der Waals surface area contributed by atoms with E-state index in [2.05, 4.69) is 10.2 Å². The minimum Gasteiger partial charge on any atom is -0.292 e. The highest BCUT2D eigenvalue weighted by Gasteiger charge is 2.09. The van der Waals surface area contributed by atoms with Gasteiger partial charge in [-0.3, -0.25) is 4.79 Å². The van der Waals surface area contributed by atoms with Crippen LogP contribution in [0.15, 0.2) is 48.5 Å². The second-order valence-electron chi connectivity index (χ2n) is 4.15. The lowest BCUT2D eigenvalue weighted by Gasteiger charge is -1.99. The van der Waals surface area contributed by atoms with Crippen molar-refractivity contribution in [3.8, 4) is 0 Å². The molecule has 0 spiro atoms. The van der Waals surface area contributed by atoms with Crippen molar-refractivity contribution in [2.24, 2.45) is 0 Å². The molecular weight excluding hydrogens is 262 g/mol. The molecule has 0 amide bonds. The van der Waals surface area contributed by atoms with E-state index in [1.807, 2.05) is 18.2 Å². The fourth-order valence-electron chi connectivity index (χ4n) is 1.85. The van der Waals surface area contributed by atoms with Gasteiger partial charge < -0.3 is 0 Å². The Labute approximate surface area is 114 Å². The molecule has 0 radical (unpaired) electrons. The molecule has 0 aliphatic heterocycles. The summed E-state index contributed by atoms with van der Waals surface area (Å²) in [5.41, 5.74) is 2.07. The average molecular weight is 272 g/mol. The quantitative estimate of drug-likeness (QED) is 0.688. The lowest BCUT2D eigenvalue weighted by molar-refractivity contribution is 0.0962. The third-order valence-electron chi connectivity index (χ3n) is 2.76. The number of rotatable bonds is 3. The second kappa shape index (κ2) is 4.82. The van der Waals surface area contributed by atoms with Crippen LogP contribution in [0.3, 0.4) is 0 Å². The van der Waals surface area contributed by atoms with Crippen LogP contribution in [0.4, 0.5) is 0 Å². The standard InChI is InChI=1S/C14H10ClN3O/c15-11-6-7-12-13(8-11)17-18(16-12)9-14(19)10-4-2-1-3-5-10/h1-8H,9H2. The first-order chi connectivity index (χ1) is 9.22. The first-order valence-electron chi connectivity index (χ1n) is 5.81. The zero-order valence-electron chi connectivity index (χ0n) is 9.95. The van der Waals surface area contributed by atoms with E-state index in [9.17, 15) is 4.79 Å². The van der Waals surface area contributed by atoms with Gasteiger partial charge in [0.15, 0.2) is 5.78 Å². The lowest BCUT2D eigenvalue weighted by Crippen LogP contribution is -2.12. The van der Waals surface area contributed by atoms with Crippen molar-refractivity contribution in [3.05, 3.63) is 59.1 Å². The summed E-state index contributed by atoms with van der Waals surface area (Å²) in [4.78, 5) is 13.4. The van der Waals surface area contributed by atoms with Crippen LogP contribution in [0.2, 0.25) is 5.02 Å². The number of hydrogen-bond acceptors (Lipinski definition) is 3. The number of ketones is 1. The van der Waals surface area contributed by atoms with Crippen molar-refractivity contribution in [1.29, 1.82) is 0 Å². The molecule has 0 N–H and O–H groups in total. The Morgan fingerprint density at radius 1 is 1.05 bits per heavy atom. The molecule has 0 bridgehead atoms. The van der Waals surface area contributed by atoms with E-state index >= 15 is 0 Å². The molecule has 5 heteroatoms. The predicted molar refractivity (Wildman–Crippen MR) is 73.3 cm³/mol. The van der Waals surface area contributed by atoms with Crippen LogP contribution in [-0.2, 0) is 6.54 Å². The minimum absolute atomic E-state index is 0.0213. The Hall–Kier alpha value is -2.20. The number of carbonyl (C=O) groups excluding carboxylic acids is 1. The maximum atomic E-state index is 12.0. The normalized spacial score (nSPS) is 10.8. The highest BCUT2D eigenvalue weighted by Crippen LogP contribution is 2.15. The summed E-state index contributed by atoms with van der Waals surface area (Å²) in [6.07, 6.45) is 0. The summed E-state index contributed by atoms with van der Waals surface area (Å²) in [5, 5.41) is 9.09. The number of fused-ring (bicyclic) bond motifs is 1. The van der Waals surface area contributed by atoms with Crippen LogP contribution in [0.25, 0.3) is 11.0 Å². The fourth-order valence-corrected chi connectivity index (χ4v) is 2.01. The third kappa shape index (κ3) is 2.48. The van der Waals surface area contributed by atoms with Crippen molar-refractivity contribution in [1.82, 2.24) is 15.0 Å². The number of nitrogens with zero attached hydrogens (tertiary/aromatic N) is 3. The van der Waals surface area contributed by atoms with Crippen molar-refractivity contribution in [2.45, 2.75) is 6.54 Å². The molecule has 0 unspecified atom stereocenters. The van der Waals surface area contributed by atoms with E-state index in [4.69, 9.17) is 11.6 Å². The largest absolute Gasteiger partial charge is 0.292 e. The molecule has 2 aromatic carbocycles. The molecule has 1 heterocycles. The number of halogens is 1. The molecule has 0 aliphatic carbocycles. The molecule has 0 saturated heterocycles. The van der Waals surface area contributed by atoms with Crippen LogP contribution in [-0.4, -0.2) is 20.8 Å². The zero-order chi connectivity index (χ0) is 13.2. The van der Waals surface area contributed by atoms with Gasteiger partial charge in [0.05, 0.1) is 0 Å². The van der Waals surface area contributed by atoms with Crippen LogP contribution < -0.4 is 0 Å². The van der Waals surface area contributed by atoms with Gasteiger partial charge in [-0.15, -0.1) is 0 Å². The van der Waals surface area contributed by atoms with Crippen LogP contribution in [0.5, 0.6) is 0 Å². The lowest BCUT2D eigenvalue weighted by atomic mass is 10.1. The first-order valence-corrected chi connectivity index (χ1v) is 6.19. The monoisotopic (exact) mass is 271 g/mol. The summed E-state index contributed by atoms with van der Waals surface area (Å²) in [7, 11) is 0. The number of Topliss-reactive ketones (excluding diaryl/α,β-unsaturated/α-hetero) is 1. The Kier molecular flexibility index (Phi) is 3.01. The third-order valence-corrected chi connectivity index (χ3v) is 3.00. The SMILES string of the molecule is O=C(Cn1nc2ccc(Cl)cc2n1)c1ccccc1. The van der Waals surface area contributed by atoms with E-state index in [1.54, 1.807) is 30.3 Å². The molecule has 19 heavy (non-hydrogen) atoms. The van der Waals surface area contributed by atoms with E-state index in [-0.39, 0.29) is 12.3 Å². The summed E-state index contributed by atoms with van der Waals surface area (Å²) in [5.74, 6) is -0.0213. The Balaban J connectivity index is 1.87. The van der Waals surface area contributed by atoms with E-state index < -0.39 is 0 Å². The maximum Gasteiger partial charge on any atom is 0.186 e. The van der Waals surface area contributed by atoms with Gasteiger partial charge >= 0.3 is 0 Å². The van der Waals surface area contributed by atoms with Crippen molar-refractivity contribution in [2.75, 3.05) is 0 Å². The molecule has 0 saturated carbocycles. The molecular formula is C14H10ClN3O. The summed E-state index contributed by atoms with van der Waals surface area (Å²) in [6, 6.07) is 14.4. The van der Waals surface area contributed by atoms with Gasteiger partial charge in [0.25, 0.3) is 0 Å². The van der Waals surface area contributed by atoms with E-state index in [0.717, 1.165) is 5.52 Å². The molecule has 0 atom stereocenters. The van der Waals surface area contributed by atoms with E-state index in [0.29, 0.717) is 16.1 Å². The number of benzene rings is 2. The van der Waals surface area contributed by atoms with Gasteiger partial charge in [-0.25, -0.2) is 0 Å². The number of hydrogen-bond donors (Lipinski definition) is 0. The van der Waals surface area contributed by atoms with Gasteiger partial charge in [0.2, 0.25) is 0 Å². The van der Waals surface area contributed by atoms with Gasteiger partial charge in [0.1, 0.15) is 17.6 Å². The van der Waals surface area contributed by atoms with Gasteiger partial charge in [-0.2, -0.15) is 15.0 Å².